The van der Waals surface area contributed by atoms with Gasteiger partial charge in [-0.1, -0.05) is 50.6 Å². The van der Waals surface area contributed by atoms with E-state index in [1.54, 1.807) is 12.1 Å². The molecule has 0 aromatic heterocycles. The topological polar surface area (TPSA) is 55.8 Å². The van der Waals surface area contributed by atoms with E-state index in [9.17, 15) is 9.90 Å². The zero-order chi connectivity index (χ0) is 17.7. The molecule has 0 aliphatic carbocycles. The Morgan fingerprint density at radius 1 is 1.04 bits per heavy atom. The minimum Gasteiger partial charge on any atom is -0.490 e. The van der Waals surface area contributed by atoms with E-state index in [0.29, 0.717) is 11.6 Å². The molecule has 2 aromatic carbocycles. The standard InChI is InChI=1S/C19H21ClO4/c1-19(2,3)15-6-4-5-7-17(15)24-11-10-23-16-9-8-13(20)12-14(16)18(21)22/h4-9,12H,10-11H2,1-3H3,(H,21,22). The van der Waals surface area contributed by atoms with E-state index in [0.717, 1.165) is 11.3 Å². The lowest BCUT2D eigenvalue weighted by molar-refractivity contribution is 0.0691. The van der Waals surface area contributed by atoms with Crippen molar-refractivity contribution in [1.29, 1.82) is 0 Å². The molecule has 0 atom stereocenters. The molecule has 4 nitrogen and oxygen atoms in total. The average molecular weight is 349 g/mol. The summed E-state index contributed by atoms with van der Waals surface area (Å²) in [5.74, 6) is 0.00858. The second kappa shape index (κ2) is 7.58. The number of carbonyl (C=O) groups is 1. The smallest absolute Gasteiger partial charge is 0.339 e. The summed E-state index contributed by atoms with van der Waals surface area (Å²) in [7, 11) is 0. The molecule has 128 valence electrons. The number of hydrogen-bond acceptors (Lipinski definition) is 3. The Kier molecular flexibility index (Phi) is 5.73. The van der Waals surface area contributed by atoms with Crippen molar-refractivity contribution in [2.75, 3.05) is 13.2 Å². The zero-order valence-electron chi connectivity index (χ0n) is 14.0. The fourth-order valence-electron chi connectivity index (χ4n) is 2.31. The molecule has 0 saturated heterocycles. The number of benzene rings is 2. The summed E-state index contributed by atoms with van der Waals surface area (Å²) in [4.78, 5) is 11.2. The molecule has 24 heavy (non-hydrogen) atoms. The molecule has 0 aliphatic rings. The van der Waals surface area contributed by atoms with Crippen molar-refractivity contribution in [3.05, 3.63) is 58.6 Å². The summed E-state index contributed by atoms with van der Waals surface area (Å²) < 4.78 is 11.3. The van der Waals surface area contributed by atoms with Crippen LogP contribution in [0, 0.1) is 0 Å². The van der Waals surface area contributed by atoms with E-state index in [4.69, 9.17) is 21.1 Å². The Morgan fingerprint density at radius 2 is 1.67 bits per heavy atom. The minimum absolute atomic E-state index is 0.0237. The van der Waals surface area contributed by atoms with Crippen LogP contribution in [0.3, 0.4) is 0 Å². The fraction of sp³-hybridized carbons (Fsp3) is 0.316. The summed E-state index contributed by atoms with van der Waals surface area (Å²) >= 11 is 5.82. The van der Waals surface area contributed by atoms with Crippen LogP contribution in [-0.4, -0.2) is 24.3 Å². The van der Waals surface area contributed by atoms with Crippen molar-refractivity contribution in [3.8, 4) is 11.5 Å². The van der Waals surface area contributed by atoms with Gasteiger partial charge in [0.2, 0.25) is 0 Å². The van der Waals surface area contributed by atoms with Crippen LogP contribution < -0.4 is 9.47 Å². The first-order chi connectivity index (χ1) is 11.3. The minimum atomic E-state index is -1.08. The van der Waals surface area contributed by atoms with Gasteiger partial charge in [0.1, 0.15) is 30.3 Å². The quantitative estimate of drug-likeness (QED) is 0.762. The maximum absolute atomic E-state index is 11.2. The number of carboxylic acids is 1. The first kappa shape index (κ1) is 18.1. The van der Waals surface area contributed by atoms with Crippen LogP contribution >= 0.6 is 11.6 Å². The van der Waals surface area contributed by atoms with Crippen LogP contribution in [0.5, 0.6) is 11.5 Å². The lowest BCUT2D eigenvalue weighted by Gasteiger charge is -2.22. The maximum Gasteiger partial charge on any atom is 0.339 e. The molecule has 0 bridgehead atoms. The van der Waals surface area contributed by atoms with Gasteiger partial charge in [-0.3, -0.25) is 0 Å². The third kappa shape index (κ3) is 4.65. The molecule has 1 N–H and O–H groups in total. The molecular weight excluding hydrogens is 328 g/mol. The van der Waals surface area contributed by atoms with Crippen molar-refractivity contribution < 1.29 is 19.4 Å². The van der Waals surface area contributed by atoms with Crippen molar-refractivity contribution in [2.45, 2.75) is 26.2 Å². The lowest BCUT2D eigenvalue weighted by Crippen LogP contribution is -2.16. The van der Waals surface area contributed by atoms with Crippen LogP contribution in [0.15, 0.2) is 42.5 Å². The van der Waals surface area contributed by atoms with Crippen molar-refractivity contribution in [3.63, 3.8) is 0 Å². The lowest BCUT2D eigenvalue weighted by atomic mass is 9.86. The number of hydrogen-bond donors (Lipinski definition) is 1. The summed E-state index contributed by atoms with van der Waals surface area (Å²) in [6, 6.07) is 12.4. The molecule has 0 spiro atoms. The molecule has 0 fully saturated rings. The summed E-state index contributed by atoms with van der Waals surface area (Å²) in [6.07, 6.45) is 0. The number of ether oxygens (including phenoxy) is 2. The van der Waals surface area contributed by atoms with Crippen molar-refractivity contribution >= 4 is 17.6 Å². The fourth-order valence-corrected chi connectivity index (χ4v) is 2.48. The van der Waals surface area contributed by atoms with Gasteiger partial charge in [0.15, 0.2) is 0 Å². The molecule has 0 aliphatic heterocycles. The second-order valence-electron chi connectivity index (χ2n) is 6.39. The number of para-hydroxylation sites is 1. The van der Waals surface area contributed by atoms with E-state index in [1.165, 1.54) is 6.07 Å². The zero-order valence-corrected chi connectivity index (χ0v) is 14.8. The van der Waals surface area contributed by atoms with Crippen LogP contribution in [0.4, 0.5) is 0 Å². The van der Waals surface area contributed by atoms with Crippen molar-refractivity contribution in [1.82, 2.24) is 0 Å². The van der Waals surface area contributed by atoms with Gasteiger partial charge in [-0.15, -0.1) is 0 Å². The molecule has 0 heterocycles. The van der Waals surface area contributed by atoms with Gasteiger partial charge < -0.3 is 14.6 Å². The highest BCUT2D eigenvalue weighted by Gasteiger charge is 2.18. The van der Waals surface area contributed by atoms with Crippen molar-refractivity contribution in [2.24, 2.45) is 0 Å². The van der Waals surface area contributed by atoms with E-state index < -0.39 is 5.97 Å². The first-order valence-corrected chi connectivity index (χ1v) is 8.05. The average Bonchev–Trinajstić information content (AvgIpc) is 2.52. The Balaban J connectivity index is 1.99. The van der Waals surface area contributed by atoms with E-state index in [1.807, 2.05) is 24.3 Å². The van der Waals surface area contributed by atoms with E-state index >= 15 is 0 Å². The molecule has 2 rings (SSSR count). The van der Waals surface area contributed by atoms with Gasteiger partial charge in [0.05, 0.1) is 0 Å². The highest BCUT2D eigenvalue weighted by Crippen LogP contribution is 2.31. The molecule has 0 radical (unpaired) electrons. The highest BCUT2D eigenvalue weighted by atomic mass is 35.5. The van der Waals surface area contributed by atoms with E-state index in [2.05, 4.69) is 20.8 Å². The monoisotopic (exact) mass is 348 g/mol. The SMILES string of the molecule is CC(C)(C)c1ccccc1OCCOc1ccc(Cl)cc1C(=O)O. The molecule has 2 aromatic rings. The number of carboxylic acid groups (broad SMARTS) is 1. The Bertz CT molecular complexity index is 720. The maximum atomic E-state index is 11.2. The Hall–Kier alpha value is -2.20. The van der Waals surface area contributed by atoms with Crippen LogP contribution in [0.1, 0.15) is 36.7 Å². The van der Waals surface area contributed by atoms with Gasteiger partial charge in [0, 0.05) is 5.02 Å². The Labute approximate surface area is 147 Å². The highest BCUT2D eigenvalue weighted by molar-refractivity contribution is 6.31. The molecule has 0 saturated carbocycles. The predicted octanol–water partition coefficient (Wildman–Crippen LogP) is 4.79. The van der Waals surface area contributed by atoms with Crippen LogP contribution in [-0.2, 0) is 5.41 Å². The van der Waals surface area contributed by atoms with Gasteiger partial charge in [-0.2, -0.15) is 0 Å². The normalized spacial score (nSPS) is 11.2. The van der Waals surface area contributed by atoms with Gasteiger partial charge in [-0.25, -0.2) is 4.79 Å². The van der Waals surface area contributed by atoms with Crippen LogP contribution in [0.25, 0.3) is 0 Å². The molecular formula is C19H21ClO4. The first-order valence-electron chi connectivity index (χ1n) is 7.67. The summed E-state index contributed by atoms with van der Waals surface area (Å²) in [5, 5.41) is 9.54. The predicted molar refractivity (Wildman–Crippen MR) is 94.5 cm³/mol. The second-order valence-corrected chi connectivity index (χ2v) is 6.83. The largest absolute Gasteiger partial charge is 0.490 e. The third-order valence-electron chi connectivity index (χ3n) is 3.47. The van der Waals surface area contributed by atoms with Gasteiger partial charge >= 0.3 is 5.97 Å². The number of aromatic carboxylic acids is 1. The van der Waals surface area contributed by atoms with Gasteiger partial charge in [0.25, 0.3) is 0 Å². The van der Waals surface area contributed by atoms with E-state index in [-0.39, 0.29) is 23.3 Å². The van der Waals surface area contributed by atoms with Crippen LogP contribution in [0.2, 0.25) is 5.02 Å². The number of rotatable bonds is 6. The number of halogens is 1. The van der Waals surface area contributed by atoms with Gasteiger partial charge in [-0.05, 0) is 35.2 Å². The molecule has 5 heteroatoms. The summed E-state index contributed by atoms with van der Waals surface area (Å²) in [5.41, 5.74) is 1.13. The summed E-state index contributed by atoms with van der Waals surface area (Å²) in [6.45, 7) is 6.92. The Morgan fingerprint density at radius 3 is 2.29 bits per heavy atom. The molecule has 0 unspecified atom stereocenters. The molecule has 0 amide bonds. The third-order valence-corrected chi connectivity index (χ3v) is 3.70.